The molecule has 1 atom stereocenters. The molecule has 0 saturated heterocycles. The van der Waals surface area contributed by atoms with Crippen LogP contribution in [0, 0.1) is 0 Å². The lowest BCUT2D eigenvalue weighted by molar-refractivity contribution is 0.00985. The van der Waals surface area contributed by atoms with Crippen molar-refractivity contribution in [1.29, 1.82) is 0 Å². The number of amides is 1. The number of carbonyl (C=O) groups is 1. The average molecular weight is 338 g/mol. The minimum Gasteiger partial charge on any atom is -0.371 e. The van der Waals surface area contributed by atoms with Gasteiger partial charge < -0.3 is 9.64 Å². The van der Waals surface area contributed by atoms with Crippen molar-refractivity contribution in [1.82, 2.24) is 9.88 Å². The molecule has 1 aliphatic heterocycles. The Morgan fingerprint density at radius 1 is 1.29 bits per heavy atom. The fourth-order valence-corrected chi connectivity index (χ4v) is 3.84. The summed E-state index contributed by atoms with van der Waals surface area (Å²) in [7, 11) is 1.84. The van der Waals surface area contributed by atoms with Crippen LogP contribution in [0.4, 0.5) is 0 Å². The van der Waals surface area contributed by atoms with Crippen molar-refractivity contribution >= 4 is 27.5 Å². The number of rotatable bonds is 3. The molecule has 0 N–H and O–H groups in total. The monoisotopic (exact) mass is 338 g/mol. The van der Waals surface area contributed by atoms with Gasteiger partial charge in [-0.05, 0) is 29.3 Å². The molecule has 0 radical (unpaired) electrons. The number of benzene rings is 2. The number of ether oxygens (including phenoxy) is 1. The maximum Gasteiger partial charge on any atom is 0.253 e. The van der Waals surface area contributed by atoms with Crippen LogP contribution in [0.2, 0.25) is 0 Å². The van der Waals surface area contributed by atoms with Crippen LogP contribution in [-0.2, 0) is 17.8 Å². The Labute approximate surface area is 144 Å². The first-order chi connectivity index (χ1) is 11.7. The number of aromatic nitrogens is 1. The quantitative estimate of drug-likeness (QED) is 0.734. The van der Waals surface area contributed by atoms with Gasteiger partial charge in [0.25, 0.3) is 5.91 Å². The van der Waals surface area contributed by atoms with Crippen LogP contribution in [0.25, 0.3) is 10.2 Å². The molecule has 0 fully saturated rings. The normalized spacial score (nSPS) is 16.8. The van der Waals surface area contributed by atoms with E-state index >= 15 is 0 Å². The maximum absolute atomic E-state index is 12.7. The van der Waals surface area contributed by atoms with Gasteiger partial charge in [-0.3, -0.25) is 4.79 Å². The summed E-state index contributed by atoms with van der Waals surface area (Å²) in [5.74, 6) is 0.0211. The standard InChI is InChI=1S/C19H18N2O2S/c1-21(10-16-8-13-4-2-3-5-15(13)11-23-16)19(22)14-6-7-17-18(9-14)24-12-20-17/h2-7,9,12,16H,8,10-11H2,1H3. The molecule has 1 unspecified atom stereocenters. The molecule has 0 bridgehead atoms. The maximum atomic E-state index is 12.7. The minimum absolute atomic E-state index is 0.0211. The van der Waals surface area contributed by atoms with Gasteiger partial charge in [0.1, 0.15) is 0 Å². The lowest BCUT2D eigenvalue weighted by Gasteiger charge is -2.29. The third-order valence-corrected chi connectivity index (χ3v) is 5.23. The number of nitrogens with zero attached hydrogens (tertiary/aromatic N) is 2. The summed E-state index contributed by atoms with van der Waals surface area (Å²) < 4.78 is 6.96. The van der Waals surface area contributed by atoms with Crippen LogP contribution in [0.1, 0.15) is 21.5 Å². The van der Waals surface area contributed by atoms with Crippen LogP contribution < -0.4 is 0 Å². The van der Waals surface area contributed by atoms with Crippen molar-refractivity contribution in [3.05, 3.63) is 64.7 Å². The summed E-state index contributed by atoms with van der Waals surface area (Å²) in [6.07, 6.45) is 0.891. The van der Waals surface area contributed by atoms with Crippen LogP contribution in [0.15, 0.2) is 48.0 Å². The van der Waals surface area contributed by atoms with Crippen LogP contribution in [0.3, 0.4) is 0 Å². The summed E-state index contributed by atoms with van der Waals surface area (Å²) in [4.78, 5) is 18.7. The van der Waals surface area contributed by atoms with Crippen LogP contribution >= 0.6 is 11.3 Å². The molecule has 0 aliphatic carbocycles. The molecule has 3 aromatic rings. The van der Waals surface area contributed by atoms with Gasteiger partial charge in [0.15, 0.2) is 0 Å². The summed E-state index contributed by atoms with van der Waals surface area (Å²) in [5.41, 5.74) is 6.01. The van der Waals surface area contributed by atoms with E-state index in [1.807, 2.05) is 31.3 Å². The molecular formula is C19H18N2O2S. The zero-order valence-corrected chi connectivity index (χ0v) is 14.3. The Bertz CT molecular complexity index is 890. The highest BCUT2D eigenvalue weighted by Crippen LogP contribution is 2.22. The van der Waals surface area contributed by atoms with E-state index in [1.165, 1.54) is 11.1 Å². The fraction of sp³-hybridized carbons (Fsp3) is 0.263. The predicted molar refractivity (Wildman–Crippen MR) is 95.3 cm³/mol. The Hall–Kier alpha value is -2.24. The van der Waals surface area contributed by atoms with Gasteiger partial charge in [-0.15, -0.1) is 11.3 Å². The van der Waals surface area contributed by atoms with Crippen molar-refractivity contribution < 1.29 is 9.53 Å². The van der Waals surface area contributed by atoms with Crippen molar-refractivity contribution in [2.75, 3.05) is 13.6 Å². The highest BCUT2D eigenvalue weighted by molar-refractivity contribution is 7.16. The van der Waals surface area contributed by atoms with Crippen molar-refractivity contribution in [2.24, 2.45) is 0 Å². The zero-order valence-electron chi connectivity index (χ0n) is 13.4. The van der Waals surface area contributed by atoms with Crippen molar-refractivity contribution in [3.63, 3.8) is 0 Å². The van der Waals surface area contributed by atoms with E-state index in [-0.39, 0.29) is 12.0 Å². The summed E-state index contributed by atoms with van der Waals surface area (Å²) in [6.45, 7) is 1.21. The number of fused-ring (bicyclic) bond motifs is 2. The van der Waals surface area contributed by atoms with Gasteiger partial charge >= 0.3 is 0 Å². The molecule has 0 spiro atoms. The van der Waals surface area contributed by atoms with Gasteiger partial charge in [-0.25, -0.2) is 4.98 Å². The first-order valence-corrected chi connectivity index (χ1v) is 8.86. The largest absolute Gasteiger partial charge is 0.371 e. The molecule has 2 aromatic carbocycles. The molecule has 4 nitrogen and oxygen atoms in total. The highest BCUT2D eigenvalue weighted by Gasteiger charge is 2.22. The van der Waals surface area contributed by atoms with E-state index in [0.717, 1.165) is 16.6 Å². The third kappa shape index (κ3) is 2.92. The van der Waals surface area contributed by atoms with E-state index in [1.54, 1.807) is 21.7 Å². The highest BCUT2D eigenvalue weighted by atomic mass is 32.1. The van der Waals surface area contributed by atoms with Gasteiger partial charge in [0.2, 0.25) is 0 Å². The molecule has 24 heavy (non-hydrogen) atoms. The van der Waals surface area contributed by atoms with Gasteiger partial charge in [-0.2, -0.15) is 0 Å². The average Bonchev–Trinajstić information content (AvgIpc) is 3.08. The number of carbonyl (C=O) groups excluding carboxylic acids is 1. The third-order valence-electron chi connectivity index (χ3n) is 4.44. The number of hydrogen-bond donors (Lipinski definition) is 0. The second-order valence-corrected chi connectivity index (χ2v) is 7.01. The van der Waals surface area contributed by atoms with E-state index in [9.17, 15) is 4.79 Å². The van der Waals surface area contributed by atoms with Crippen LogP contribution in [-0.4, -0.2) is 35.5 Å². The molecule has 0 saturated carbocycles. The summed E-state index contributed by atoms with van der Waals surface area (Å²) in [5, 5.41) is 0. The molecule has 1 aromatic heterocycles. The van der Waals surface area contributed by atoms with E-state index in [4.69, 9.17) is 4.74 Å². The molecular weight excluding hydrogens is 320 g/mol. The van der Waals surface area contributed by atoms with E-state index in [0.29, 0.717) is 18.7 Å². The SMILES string of the molecule is CN(CC1Cc2ccccc2CO1)C(=O)c1ccc2ncsc2c1. The Morgan fingerprint density at radius 3 is 3.00 bits per heavy atom. The zero-order chi connectivity index (χ0) is 16.5. The molecule has 2 heterocycles. The van der Waals surface area contributed by atoms with Gasteiger partial charge in [0, 0.05) is 25.6 Å². The summed E-state index contributed by atoms with van der Waals surface area (Å²) >= 11 is 1.55. The van der Waals surface area contributed by atoms with Crippen LogP contribution in [0.5, 0.6) is 0 Å². The second kappa shape index (κ2) is 6.34. The fourth-order valence-electron chi connectivity index (χ4n) is 3.12. The van der Waals surface area contributed by atoms with E-state index in [2.05, 4.69) is 23.2 Å². The molecule has 1 aliphatic rings. The lowest BCUT2D eigenvalue weighted by Crippen LogP contribution is -2.38. The number of thiazole rings is 1. The molecule has 122 valence electrons. The topological polar surface area (TPSA) is 42.4 Å². The van der Waals surface area contributed by atoms with Crippen molar-refractivity contribution in [3.8, 4) is 0 Å². The predicted octanol–water partition coefficient (Wildman–Crippen LogP) is 3.51. The first kappa shape index (κ1) is 15.3. The molecule has 4 rings (SSSR count). The van der Waals surface area contributed by atoms with Gasteiger partial charge in [-0.1, -0.05) is 24.3 Å². The first-order valence-electron chi connectivity index (χ1n) is 7.98. The van der Waals surface area contributed by atoms with E-state index < -0.39 is 0 Å². The Balaban J connectivity index is 1.46. The van der Waals surface area contributed by atoms with Gasteiger partial charge in [0.05, 0.1) is 28.4 Å². The van der Waals surface area contributed by atoms with Crippen molar-refractivity contribution in [2.45, 2.75) is 19.1 Å². The Morgan fingerprint density at radius 2 is 2.12 bits per heavy atom. The number of likely N-dealkylation sites (N-methyl/N-ethyl adjacent to an activating group) is 1. The number of hydrogen-bond acceptors (Lipinski definition) is 4. The Kier molecular flexibility index (Phi) is 4.04. The molecule has 5 heteroatoms. The smallest absolute Gasteiger partial charge is 0.253 e. The minimum atomic E-state index is 0.0211. The second-order valence-electron chi connectivity index (χ2n) is 6.13. The lowest BCUT2D eigenvalue weighted by atomic mass is 9.99. The molecule has 1 amide bonds. The summed E-state index contributed by atoms with van der Waals surface area (Å²) in [6, 6.07) is 14.0.